The van der Waals surface area contributed by atoms with E-state index in [1.807, 2.05) is 6.92 Å². The van der Waals surface area contributed by atoms with E-state index >= 15 is 0 Å². The van der Waals surface area contributed by atoms with Crippen LogP contribution in [-0.2, 0) is 16.6 Å². The van der Waals surface area contributed by atoms with Crippen LogP contribution in [0.1, 0.15) is 12.6 Å². The maximum absolute atomic E-state index is 11.7. The number of rotatable bonds is 6. The molecule has 0 aliphatic heterocycles. The first kappa shape index (κ1) is 13.2. The Labute approximate surface area is 96.1 Å². The summed E-state index contributed by atoms with van der Waals surface area (Å²) in [5.41, 5.74) is 0.848. The summed E-state index contributed by atoms with van der Waals surface area (Å²) in [6.45, 7) is 3.47. The zero-order valence-corrected chi connectivity index (χ0v) is 10.6. The average molecular weight is 246 g/mol. The standard InChI is InChI=1S/C9H18N4O2S/c1-4-10-6-8-5-9(7-11-8)16(14,15)12-13(2)3/h5,7,10-12H,4,6H2,1-3H3. The Morgan fingerprint density at radius 1 is 1.44 bits per heavy atom. The minimum atomic E-state index is -3.45. The van der Waals surface area contributed by atoms with E-state index in [2.05, 4.69) is 15.1 Å². The van der Waals surface area contributed by atoms with Crippen LogP contribution in [0.2, 0.25) is 0 Å². The van der Waals surface area contributed by atoms with Crippen molar-refractivity contribution in [3.05, 3.63) is 18.0 Å². The van der Waals surface area contributed by atoms with Crippen LogP contribution in [0.3, 0.4) is 0 Å². The van der Waals surface area contributed by atoms with Crippen LogP contribution in [0.25, 0.3) is 0 Å². The molecule has 16 heavy (non-hydrogen) atoms. The summed E-state index contributed by atoms with van der Waals surface area (Å²) < 4.78 is 23.5. The van der Waals surface area contributed by atoms with Crippen LogP contribution in [0.15, 0.2) is 17.2 Å². The van der Waals surface area contributed by atoms with Crippen molar-refractivity contribution in [2.24, 2.45) is 0 Å². The molecule has 0 saturated carbocycles. The quantitative estimate of drug-likeness (QED) is 0.612. The predicted molar refractivity (Wildman–Crippen MR) is 62.2 cm³/mol. The first-order chi connectivity index (χ1) is 7.45. The number of sulfonamides is 1. The molecule has 7 heteroatoms. The van der Waals surface area contributed by atoms with Gasteiger partial charge in [-0.1, -0.05) is 6.92 Å². The van der Waals surface area contributed by atoms with E-state index in [9.17, 15) is 8.42 Å². The number of nitrogens with zero attached hydrogens (tertiary/aromatic N) is 1. The van der Waals surface area contributed by atoms with Gasteiger partial charge in [-0.05, 0) is 12.6 Å². The van der Waals surface area contributed by atoms with Gasteiger partial charge in [-0.3, -0.25) is 0 Å². The highest BCUT2D eigenvalue weighted by atomic mass is 32.2. The molecule has 1 heterocycles. The molecule has 0 aliphatic carbocycles. The highest BCUT2D eigenvalue weighted by Crippen LogP contribution is 2.10. The third-order valence-corrected chi connectivity index (χ3v) is 3.36. The molecule has 0 fully saturated rings. The second kappa shape index (κ2) is 5.44. The summed E-state index contributed by atoms with van der Waals surface area (Å²) >= 11 is 0. The maximum Gasteiger partial charge on any atom is 0.254 e. The minimum Gasteiger partial charge on any atom is -0.363 e. The van der Waals surface area contributed by atoms with E-state index in [-0.39, 0.29) is 4.90 Å². The Balaban J connectivity index is 2.77. The van der Waals surface area contributed by atoms with Crippen LogP contribution in [0.5, 0.6) is 0 Å². The van der Waals surface area contributed by atoms with Crippen molar-refractivity contribution < 1.29 is 8.42 Å². The van der Waals surface area contributed by atoms with Crippen molar-refractivity contribution in [3.63, 3.8) is 0 Å². The Bertz CT molecular complexity index is 424. The van der Waals surface area contributed by atoms with Crippen LogP contribution < -0.4 is 10.1 Å². The molecule has 92 valence electrons. The van der Waals surface area contributed by atoms with Crippen LogP contribution in [0, 0.1) is 0 Å². The molecule has 0 spiro atoms. The van der Waals surface area contributed by atoms with Crippen LogP contribution >= 0.6 is 0 Å². The van der Waals surface area contributed by atoms with Crippen molar-refractivity contribution in [1.82, 2.24) is 20.1 Å². The van der Waals surface area contributed by atoms with E-state index in [1.165, 1.54) is 11.2 Å². The molecule has 1 aromatic heterocycles. The number of hydrogen-bond acceptors (Lipinski definition) is 4. The third-order valence-electron chi connectivity index (χ3n) is 1.89. The summed E-state index contributed by atoms with van der Waals surface area (Å²) in [5.74, 6) is 0. The highest BCUT2D eigenvalue weighted by molar-refractivity contribution is 7.89. The van der Waals surface area contributed by atoms with Gasteiger partial charge in [-0.15, -0.1) is 4.83 Å². The van der Waals surface area contributed by atoms with Crippen molar-refractivity contribution in [3.8, 4) is 0 Å². The van der Waals surface area contributed by atoms with Gasteiger partial charge >= 0.3 is 0 Å². The summed E-state index contributed by atoms with van der Waals surface area (Å²) in [6, 6.07) is 1.62. The molecule has 0 bridgehead atoms. The second-order valence-corrected chi connectivity index (χ2v) is 5.29. The van der Waals surface area contributed by atoms with E-state index in [0.717, 1.165) is 12.2 Å². The lowest BCUT2D eigenvalue weighted by Crippen LogP contribution is -2.35. The molecule has 0 amide bonds. The highest BCUT2D eigenvalue weighted by Gasteiger charge is 2.16. The number of nitrogens with one attached hydrogen (secondary N) is 3. The molecule has 0 atom stereocenters. The lowest BCUT2D eigenvalue weighted by atomic mass is 10.4. The number of hydrogen-bond donors (Lipinski definition) is 3. The molecule has 1 rings (SSSR count). The second-order valence-electron chi connectivity index (χ2n) is 3.63. The Morgan fingerprint density at radius 2 is 2.12 bits per heavy atom. The van der Waals surface area contributed by atoms with Gasteiger partial charge in [0.05, 0.1) is 0 Å². The number of aromatic amines is 1. The van der Waals surface area contributed by atoms with E-state index in [1.54, 1.807) is 20.2 Å². The van der Waals surface area contributed by atoms with Gasteiger partial charge in [0.1, 0.15) is 4.90 Å². The summed E-state index contributed by atoms with van der Waals surface area (Å²) in [4.78, 5) is 5.53. The predicted octanol–water partition coefficient (Wildman–Crippen LogP) is -0.121. The van der Waals surface area contributed by atoms with Gasteiger partial charge < -0.3 is 10.3 Å². The third kappa shape index (κ3) is 3.60. The van der Waals surface area contributed by atoms with E-state index in [4.69, 9.17) is 0 Å². The molecule has 1 aromatic rings. The smallest absolute Gasteiger partial charge is 0.254 e. The van der Waals surface area contributed by atoms with Crippen molar-refractivity contribution in [2.75, 3.05) is 20.6 Å². The van der Waals surface area contributed by atoms with Crippen molar-refractivity contribution in [1.29, 1.82) is 0 Å². The molecular weight excluding hydrogens is 228 g/mol. The number of H-pyrrole nitrogens is 1. The number of aromatic nitrogens is 1. The SMILES string of the molecule is CCNCc1cc(S(=O)(=O)NN(C)C)c[nH]1. The average Bonchev–Trinajstić information content (AvgIpc) is 2.61. The molecule has 3 N–H and O–H groups in total. The van der Waals surface area contributed by atoms with Gasteiger partial charge in [0.15, 0.2) is 0 Å². The van der Waals surface area contributed by atoms with Crippen molar-refractivity contribution >= 4 is 10.0 Å². The first-order valence-electron chi connectivity index (χ1n) is 5.03. The Morgan fingerprint density at radius 3 is 2.69 bits per heavy atom. The monoisotopic (exact) mass is 246 g/mol. The zero-order valence-electron chi connectivity index (χ0n) is 9.74. The Kier molecular flexibility index (Phi) is 4.48. The maximum atomic E-state index is 11.7. The largest absolute Gasteiger partial charge is 0.363 e. The summed E-state index contributed by atoms with van der Waals surface area (Å²) in [7, 11) is -0.189. The zero-order chi connectivity index (χ0) is 12.2. The lowest BCUT2D eigenvalue weighted by Gasteiger charge is -2.10. The summed E-state index contributed by atoms with van der Waals surface area (Å²) in [6.07, 6.45) is 1.48. The van der Waals surface area contributed by atoms with Gasteiger partial charge in [-0.2, -0.15) is 0 Å². The van der Waals surface area contributed by atoms with E-state index < -0.39 is 10.0 Å². The molecule has 6 nitrogen and oxygen atoms in total. The van der Waals surface area contributed by atoms with Gasteiger partial charge in [0, 0.05) is 32.5 Å². The molecule has 0 saturated heterocycles. The molecule has 0 aromatic carbocycles. The first-order valence-corrected chi connectivity index (χ1v) is 6.52. The van der Waals surface area contributed by atoms with Gasteiger partial charge in [0.2, 0.25) is 0 Å². The number of hydrazine groups is 1. The molecule has 0 aliphatic rings. The molecule has 0 unspecified atom stereocenters. The van der Waals surface area contributed by atoms with Crippen LogP contribution in [0.4, 0.5) is 0 Å². The topological polar surface area (TPSA) is 77.2 Å². The molecule has 0 radical (unpaired) electrons. The van der Waals surface area contributed by atoms with Gasteiger partial charge in [0.25, 0.3) is 10.0 Å². The fraction of sp³-hybridized carbons (Fsp3) is 0.556. The lowest BCUT2D eigenvalue weighted by molar-refractivity contribution is 0.364. The minimum absolute atomic E-state index is 0.245. The molecular formula is C9H18N4O2S. The normalized spacial score (nSPS) is 12.2. The van der Waals surface area contributed by atoms with Crippen LogP contribution in [-0.4, -0.2) is 39.1 Å². The fourth-order valence-electron chi connectivity index (χ4n) is 1.23. The van der Waals surface area contributed by atoms with Gasteiger partial charge in [-0.25, -0.2) is 13.4 Å². The summed E-state index contributed by atoms with van der Waals surface area (Å²) in [5, 5.41) is 4.51. The van der Waals surface area contributed by atoms with Crippen molar-refractivity contribution in [2.45, 2.75) is 18.4 Å². The fourth-order valence-corrected chi connectivity index (χ4v) is 2.33. The Hall–Kier alpha value is -0.890. The van der Waals surface area contributed by atoms with E-state index in [0.29, 0.717) is 6.54 Å².